The van der Waals surface area contributed by atoms with Crippen molar-refractivity contribution in [3.63, 3.8) is 0 Å². The summed E-state index contributed by atoms with van der Waals surface area (Å²) in [4.78, 5) is 34.5. The van der Waals surface area contributed by atoms with Gasteiger partial charge in [-0.05, 0) is 53.6 Å². The fourth-order valence-corrected chi connectivity index (χ4v) is 8.70. The second kappa shape index (κ2) is 15.6. The number of hydrogen-bond acceptors (Lipinski definition) is 8. The van der Waals surface area contributed by atoms with Crippen molar-refractivity contribution in [2.24, 2.45) is 0 Å². The molecular weight excluding hydrogens is 767 g/mol. The SMILES string of the molecule is c1ccc(-c2nc(-c3cccc(-c4ccc5sc6cc(-c7nc(-c8ccccc8)nc(-c8ccccc8)n7)ccc6c5c4)c3)nc(-c3cccc(-c4ccccn4)c3)n2)cc1. The normalized spacial score (nSPS) is 11.3. The van der Waals surface area contributed by atoms with Gasteiger partial charge in [0.1, 0.15) is 0 Å². The lowest BCUT2D eigenvalue weighted by Gasteiger charge is -2.10. The Morgan fingerprint density at radius 1 is 0.262 bits per heavy atom. The van der Waals surface area contributed by atoms with Crippen molar-refractivity contribution in [3.05, 3.63) is 200 Å². The van der Waals surface area contributed by atoms with E-state index < -0.39 is 0 Å². The molecule has 0 fully saturated rings. The zero-order chi connectivity index (χ0) is 40.5. The highest BCUT2D eigenvalue weighted by Crippen LogP contribution is 2.39. The Kier molecular flexibility index (Phi) is 9.22. The van der Waals surface area contributed by atoms with Crippen LogP contribution < -0.4 is 0 Å². The van der Waals surface area contributed by atoms with Gasteiger partial charge in [0, 0.05) is 65.3 Å². The Morgan fingerprint density at radius 3 is 1.23 bits per heavy atom. The number of benzene rings is 7. The zero-order valence-electron chi connectivity index (χ0n) is 32.6. The molecule has 7 aromatic carbocycles. The summed E-state index contributed by atoms with van der Waals surface area (Å²) in [5, 5.41) is 2.38. The minimum atomic E-state index is 0.599. The fourth-order valence-electron chi connectivity index (χ4n) is 7.57. The van der Waals surface area contributed by atoms with Gasteiger partial charge in [0.05, 0.1) is 5.69 Å². The summed E-state index contributed by atoms with van der Waals surface area (Å²) in [6.07, 6.45) is 1.81. The molecule has 4 heterocycles. The molecule has 0 spiro atoms. The smallest absolute Gasteiger partial charge is 0.164 e. The molecule has 61 heavy (non-hydrogen) atoms. The molecule has 8 heteroatoms. The number of hydrogen-bond donors (Lipinski definition) is 0. The van der Waals surface area contributed by atoms with E-state index in [1.807, 2.05) is 121 Å². The van der Waals surface area contributed by atoms with Gasteiger partial charge in [0.15, 0.2) is 34.9 Å². The molecule has 0 aliphatic heterocycles. The highest BCUT2D eigenvalue weighted by atomic mass is 32.1. The Bertz CT molecular complexity index is 3300. The van der Waals surface area contributed by atoms with Crippen LogP contribution in [-0.4, -0.2) is 34.9 Å². The Morgan fingerprint density at radius 2 is 0.689 bits per heavy atom. The molecule has 0 unspecified atom stereocenters. The molecule has 0 radical (unpaired) electrons. The molecular formula is C53H33N7S. The minimum Gasteiger partial charge on any atom is -0.256 e. The molecule has 7 nitrogen and oxygen atoms in total. The van der Waals surface area contributed by atoms with Crippen molar-refractivity contribution in [1.29, 1.82) is 0 Å². The highest BCUT2D eigenvalue weighted by molar-refractivity contribution is 7.25. The summed E-state index contributed by atoms with van der Waals surface area (Å²) >= 11 is 1.77. The topological polar surface area (TPSA) is 90.2 Å². The minimum absolute atomic E-state index is 0.599. The number of thiophene rings is 1. The molecule has 11 aromatic rings. The molecule has 0 atom stereocenters. The van der Waals surface area contributed by atoms with E-state index in [1.54, 1.807) is 17.5 Å². The average molecular weight is 800 g/mol. The lowest BCUT2D eigenvalue weighted by molar-refractivity contribution is 1.07. The zero-order valence-corrected chi connectivity index (χ0v) is 33.4. The number of rotatable bonds is 8. The summed E-state index contributed by atoms with van der Waals surface area (Å²) in [7, 11) is 0. The molecule has 11 rings (SSSR count). The van der Waals surface area contributed by atoms with Crippen molar-refractivity contribution in [2.45, 2.75) is 0 Å². The molecule has 0 aliphatic carbocycles. The maximum absolute atomic E-state index is 5.07. The Balaban J connectivity index is 0.965. The van der Waals surface area contributed by atoms with Crippen LogP contribution in [0.25, 0.3) is 111 Å². The van der Waals surface area contributed by atoms with Gasteiger partial charge in [-0.3, -0.25) is 4.98 Å². The maximum atomic E-state index is 5.07. The van der Waals surface area contributed by atoms with Crippen molar-refractivity contribution in [2.75, 3.05) is 0 Å². The molecule has 286 valence electrons. The van der Waals surface area contributed by atoms with Crippen LogP contribution in [0.3, 0.4) is 0 Å². The van der Waals surface area contributed by atoms with Crippen LogP contribution in [0.5, 0.6) is 0 Å². The lowest BCUT2D eigenvalue weighted by atomic mass is 10.00. The van der Waals surface area contributed by atoms with Gasteiger partial charge >= 0.3 is 0 Å². The van der Waals surface area contributed by atoms with Crippen LogP contribution >= 0.6 is 11.3 Å². The second-order valence-corrected chi connectivity index (χ2v) is 15.7. The first-order valence-electron chi connectivity index (χ1n) is 20.0. The van der Waals surface area contributed by atoms with Crippen LogP contribution in [0.4, 0.5) is 0 Å². The van der Waals surface area contributed by atoms with E-state index in [1.165, 1.54) is 20.2 Å². The summed E-state index contributed by atoms with van der Waals surface area (Å²) < 4.78 is 2.37. The third-order valence-corrected chi connectivity index (χ3v) is 11.8. The monoisotopic (exact) mass is 799 g/mol. The van der Waals surface area contributed by atoms with Gasteiger partial charge in [0.25, 0.3) is 0 Å². The predicted molar refractivity (Wildman–Crippen MR) is 247 cm³/mol. The van der Waals surface area contributed by atoms with E-state index in [2.05, 4.69) is 77.8 Å². The van der Waals surface area contributed by atoms with E-state index >= 15 is 0 Å². The largest absolute Gasteiger partial charge is 0.256 e. The molecule has 0 amide bonds. The first-order valence-corrected chi connectivity index (χ1v) is 20.8. The average Bonchev–Trinajstić information content (AvgIpc) is 3.72. The van der Waals surface area contributed by atoms with E-state index in [0.717, 1.165) is 55.8 Å². The van der Waals surface area contributed by atoms with Gasteiger partial charge in [0.2, 0.25) is 0 Å². The number of pyridine rings is 1. The third kappa shape index (κ3) is 7.22. The quantitative estimate of drug-likeness (QED) is 0.151. The molecule has 0 N–H and O–H groups in total. The van der Waals surface area contributed by atoms with E-state index in [9.17, 15) is 0 Å². The Labute approximate surface area is 355 Å². The highest BCUT2D eigenvalue weighted by Gasteiger charge is 2.17. The number of fused-ring (bicyclic) bond motifs is 3. The molecule has 0 saturated carbocycles. The van der Waals surface area contributed by atoms with Gasteiger partial charge in [-0.2, -0.15) is 0 Å². The van der Waals surface area contributed by atoms with Crippen LogP contribution in [0.2, 0.25) is 0 Å². The summed E-state index contributed by atoms with van der Waals surface area (Å²) in [5.41, 5.74) is 9.62. The number of aromatic nitrogens is 7. The van der Waals surface area contributed by atoms with Crippen LogP contribution in [0.1, 0.15) is 0 Å². The standard InChI is InChI=1S/C53H33N7S/c1-4-14-34(15-5-1)48-55-49(35-16-6-2-7-17-35)59-53(58-48)42-25-27-43-44-32-38(26-28-46(44)61-47(43)33-42)37-20-12-22-40(30-37)51-56-50(36-18-8-3-9-19-36)57-52(60-51)41-23-13-21-39(31-41)45-24-10-11-29-54-45/h1-33H. The lowest BCUT2D eigenvalue weighted by Crippen LogP contribution is -2.00. The van der Waals surface area contributed by atoms with Gasteiger partial charge < -0.3 is 0 Å². The van der Waals surface area contributed by atoms with E-state index in [0.29, 0.717) is 34.9 Å². The van der Waals surface area contributed by atoms with Crippen molar-refractivity contribution in [1.82, 2.24) is 34.9 Å². The van der Waals surface area contributed by atoms with Crippen molar-refractivity contribution < 1.29 is 0 Å². The van der Waals surface area contributed by atoms with Crippen LogP contribution in [0, 0.1) is 0 Å². The first-order chi connectivity index (χ1) is 30.2. The number of nitrogens with zero attached hydrogens (tertiary/aromatic N) is 7. The summed E-state index contributed by atoms with van der Waals surface area (Å²) in [5.74, 6) is 3.75. The molecule has 0 bridgehead atoms. The van der Waals surface area contributed by atoms with Gasteiger partial charge in [-0.25, -0.2) is 29.9 Å². The molecule has 0 saturated heterocycles. The molecule has 4 aromatic heterocycles. The van der Waals surface area contributed by atoms with Gasteiger partial charge in [-0.15, -0.1) is 11.3 Å². The van der Waals surface area contributed by atoms with E-state index in [-0.39, 0.29) is 0 Å². The molecule has 0 aliphatic rings. The first kappa shape index (κ1) is 36.0. The van der Waals surface area contributed by atoms with Crippen molar-refractivity contribution >= 4 is 31.5 Å². The van der Waals surface area contributed by atoms with Crippen LogP contribution in [-0.2, 0) is 0 Å². The summed E-state index contributed by atoms with van der Waals surface area (Å²) in [6, 6.07) is 66.0. The van der Waals surface area contributed by atoms with Gasteiger partial charge in [-0.1, -0.05) is 152 Å². The Hall–Kier alpha value is -8.07. The van der Waals surface area contributed by atoms with Crippen LogP contribution in [0.15, 0.2) is 200 Å². The predicted octanol–water partition coefficient (Wildman–Crippen LogP) is 13.2. The van der Waals surface area contributed by atoms with E-state index in [4.69, 9.17) is 29.9 Å². The fraction of sp³-hybridized carbons (Fsp3) is 0. The summed E-state index contributed by atoms with van der Waals surface area (Å²) in [6.45, 7) is 0. The second-order valence-electron chi connectivity index (χ2n) is 14.6. The third-order valence-electron chi connectivity index (χ3n) is 10.6. The maximum Gasteiger partial charge on any atom is 0.164 e. The van der Waals surface area contributed by atoms with Crippen molar-refractivity contribution in [3.8, 4) is 90.7 Å².